The molecule has 0 spiro atoms. The molecule has 0 unspecified atom stereocenters. The topological polar surface area (TPSA) is 71.3 Å². The lowest BCUT2D eigenvalue weighted by molar-refractivity contribution is -0.114. The van der Waals surface area contributed by atoms with Crippen LogP contribution in [-0.2, 0) is 4.79 Å². The van der Waals surface area contributed by atoms with Crippen molar-refractivity contribution in [2.24, 2.45) is 0 Å². The van der Waals surface area contributed by atoms with Crippen molar-refractivity contribution in [1.29, 1.82) is 0 Å². The minimum atomic E-state index is -0.302. The highest BCUT2D eigenvalue weighted by molar-refractivity contribution is 6.39. The highest BCUT2D eigenvalue weighted by Gasteiger charge is 2.16. The number of nitrogens with one attached hydrogen (secondary N) is 1. The maximum atomic E-state index is 12.2. The number of nitrogens with zero attached hydrogens (tertiary/aromatic N) is 3. The van der Waals surface area contributed by atoms with E-state index in [0.717, 1.165) is 5.56 Å². The fourth-order valence-corrected chi connectivity index (χ4v) is 2.64. The number of benzene rings is 2. The Morgan fingerprint density at radius 2 is 1.80 bits per heavy atom. The Hall–Kier alpha value is -2.57. The monoisotopic (exact) mass is 376 g/mol. The second kappa shape index (κ2) is 7.55. The van der Waals surface area contributed by atoms with Crippen LogP contribution >= 0.6 is 23.2 Å². The van der Waals surface area contributed by atoms with E-state index in [0.29, 0.717) is 27.6 Å². The van der Waals surface area contributed by atoms with Gasteiger partial charge in [-0.3, -0.25) is 4.79 Å². The first-order chi connectivity index (χ1) is 12.0. The van der Waals surface area contributed by atoms with Crippen molar-refractivity contribution in [2.75, 3.05) is 23.8 Å². The number of halogens is 2. The first kappa shape index (κ1) is 17.3. The summed E-state index contributed by atoms with van der Waals surface area (Å²) in [6, 6.07) is 14.4. The quantitative estimate of drug-likeness (QED) is 0.724. The maximum Gasteiger partial charge on any atom is 0.266 e. The van der Waals surface area contributed by atoms with Gasteiger partial charge >= 0.3 is 0 Å². The third-order valence-electron chi connectivity index (χ3n) is 3.39. The largest absolute Gasteiger partial charge is 0.332 e. The number of anilines is 2. The Bertz CT molecular complexity index is 863. The molecule has 0 aliphatic carbocycles. The minimum absolute atomic E-state index is 0.00924. The second-order valence-corrected chi connectivity index (χ2v) is 6.08. The first-order valence-electron chi connectivity index (χ1n) is 7.38. The lowest BCUT2D eigenvalue weighted by Crippen LogP contribution is -2.30. The van der Waals surface area contributed by atoms with E-state index in [1.165, 1.54) is 0 Å². The van der Waals surface area contributed by atoms with Crippen molar-refractivity contribution < 1.29 is 9.32 Å². The Balaban J connectivity index is 1.67. The van der Waals surface area contributed by atoms with Gasteiger partial charge in [0.15, 0.2) is 0 Å². The standard InChI is InChI=1S/C17H14Cl2N4O2/c1-23(10-14(24)20-15-12(18)8-5-9-13(15)19)17-21-16(25-22-17)11-6-3-2-4-7-11/h2-9H,10H2,1H3,(H,20,24). The molecule has 0 saturated heterocycles. The Morgan fingerprint density at radius 3 is 2.48 bits per heavy atom. The van der Waals surface area contributed by atoms with Gasteiger partial charge < -0.3 is 14.7 Å². The molecule has 0 aliphatic rings. The number of rotatable bonds is 5. The van der Waals surface area contributed by atoms with Crippen LogP contribution in [0.5, 0.6) is 0 Å². The summed E-state index contributed by atoms with van der Waals surface area (Å²) < 4.78 is 5.23. The lowest BCUT2D eigenvalue weighted by Gasteiger charge is -2.15. The van der Waals surface area contributed by atoms with Crippen LogP contribution in [0.2, 0.25) is 10.0 Å². The van der Waals surface area contributed by atoms with Crippen LogP contribution in [0.1, 0.15) is 0 Å². The predicted molar refractivity (Wildman–Crippen MR) is 98.1 cm³/mol. The van der Waals surface area contributed by atoms with E-state index in [-0.39, 0.29) is 12.5 Å². The summed E-state index contributed by atoms with van der Waals surface area (Å²) >= 11 is 12.1. The molecular weight excluding hydrogens is 363 g/mol. The highest BCUT2D eigenvalue weighted by Crippen LogP contribution is 2.29. The van der Waals surface area contributed by atoms with Gasteiger partial charge in [0.25, 0.3) is 11.8 Å². The molecule has 128 valence electrons. The molecule has 0 aliphatic heterocycles. The van der Waals surface area contributed by atoms with E-state index in [1.807, 2.05) is 30.3 Å². The van der Waals surface area contributed by atoms with E-state index >= 15 is 0 Å². The zero-order valence-corrected chi connectivity index (χ0v) is 14.8. The van der Waals surface area contributed by atoms with E-state index in [4.69, 9.17) is 27.7 Å². The molecular formula is C17H14Cl2N4O2. The third kappa shape index (κ3) is 4.10. The molecule has 0 radical (unpaired) electrons. The molecule has 0 fully saturated rings. The van der Waals surface area contributed by atoms with Gasteiger partial charge in [-0.15, -0.1) is 0 Å². The maximum absolute atomic E-state index is 12.2. The molecule has 1 amide bonds. The van der Waals surface area contributed by atoms with Gasteiger partial charge in [0.05, 0.1) is 22.3 Å². The first-order valence-corrected chi connectivity index (χ1v) is 8.14. The number of para-hydroxylation sites is 1. The van der Waals surface area contributed by atoms with Crippen LogP contribution in [0, 0.1) is 0 Å². The molecule has 25 heavy (non-hydrogen) atoms. The Morgan fingerprint density at radius 1 is 1.12 bits per heavy atom. The third-order valence-corrected chi connectivity index (χ3v) is 4.02. The molecule has 3 rings (SSSR count). The van der Waals surface area contributed by atoms with Gasteiger partial charge in [-0.2, -0.15) is 4.98 Å². The number of amides is 1. The summed E-state index contributed by atoms with van der Waals surface area (Å²) in [6.07, 6.45) is 0. The Kier molecular flexibility index (Phi) is 5.21. The summed E-state index contributed by atoms with van der Waals surface area (Å²) in [5.74, 6) is 0.389. The molecule has 0 bridgehead atoms. The van der Waals surface area contributed by atoms with Crippen molar-refractivity contribution in [3.8, 4) is 11.5 Å². The van der Waals surface area contributed by atoms with Crippen LogP contribution < -0.4 is 10.2 Å². The predicted octanol–water partition coefficient (Wildman–Crippen LogP) is 4.12. The smallest absolute Gasteiger partial charge is 0.266 e. The summed E-state index contributed by atoms with van der Waals surface area (Å²) in [5.41, 5.74) is 1.18. The lowest BCUT2D eigenvalue weighted by atomic mass is 10.2. The van der Waals surface area contributed by atoms with Gasteiger partial charge in [-0.25, -0.2) is 0 Å². The second-order valence-electron chi connectivity index (χ2n) is 5.27. The van der Waals surface area contributed by atoms with E-state index in [1.54, 1.807) is 30.1 Å². The highest BCUT2D eigenvalue weighted by atomic mass is 35.5. The SMILES string of the molecule is CN(CC(=O)Nc1c(Cl)cccc1Cl)c1noc(-c2ccccc2)n1. The van der Waals surface area contributed by atoms with Crippen LogP contribution in [0.3, 0.4) is 0 Å². The molecule has 0 saturated carbocycles. The van der Waals surface area contributed by atoms with Crippen molar-refractivity contribution >= 4 is 40.7 Å². The number of aromatic nitrogens is 2. The number of hydrogen-bond acceptors (Lipinski definition) is 5. The molecule has 1 N–H and O–H groups in total. The molecule has 6 nitrogen and oxygen atoms in total. The normalized spacial score (nSPS) is 10.5. The van der Waals surface area contributed by atoms with Crippen LogP contribution in [0.25, 0.3) is 11.5 Å². The van der Waals surface area contributed by atoms with Crippen LogP contribution in [-0.4, -0.2) is 29.6 Å². The number of likely N-dealkylation sites (N-methyl/N-ethyl adjacent to an activating group) is 1. The van der Waals surface area contributed by atoms with Gasteiger partial charge in [0, 0.05) is 12.6 Å². The average Bonchev–Trinajstić information content (AvgIpc) is 3.09. The zero-order valence-electron chi connectivity index (χ0n) is 13.2. The fourth-order valence-electron chi connectivity index (χ4n) is 2.15. The van der Waals surface area contributed by atoms with Crippen LogP contribution in [0.15, 0.2) is 53.1 Å². The Labute approximate surface area is 154 Å². The molecule has 8 heteroatoms. The molecule has 1 aromatic heterocycles. The van der Waals surface area contributed by atoms with Gasteiger partial charge in [0.1, 0.15) is 0 Å². The fraction of sp³-hybridized carbons (Fsp3) is 0.118. The molecule has 2 aromatic carbocycles. The summed E-state index contributed by atoms with van der Waals surface area (Å²) in [7, 11) is 1.69. The van der Waals surface area contributed by atoms with Crippen molar-refractivity contribution in [3.63, 3.8) is 0 Å². The number of carbonyl (C=O) groups excluding carboxylic acids is 1. The average molecular weight is 377 g/mol. The van der Waals surface area contributed by atoms with E-state index in [2.05, 4.69) is 15.5 Å². The number of hydrogen-bond donors (Lipinski definition) is 1. The van der Waals surface area contributed by atoms with E-state index < -0.39 is 0 Å². The van der Waals surface area contributed by atoms with E-state index in [9.17, 15) is 4.79 Å². The van der Waals surface area contributed by atoms with Crippen molar-refractivity contribution in [2.45, 2.75) is 0 Å². The molecule has 0 atom stereocenters. The number of carbonyl (C=O) groups is 1. The van der Waals surface area contributed by atoms with Gasteiger partial charge in [-0.05, 0) is 29.4 Å². The van der Waals surface area contributed by atoms with Gasteiger partial charge in [-0.1, -0.05) is 47.5 Å². The minimum Gasteiger partial charge on any atom is -0.332 e. The van der Waals surface area contributed by atoms with Gasteiger partial charge in [0.2, 0.25) is 5.91 Å². The van der Waals surface area contributed by atoms with Crippen molar-refractivity contribution in [1.82, 2.24) is 10.1 Å². The molecule has 1 heterocycles. The van der Waals surface area contributed by atoms with Crippen molar-refractivity contribution in [3.05, 3.63) is 58.6 Å². The summed E-state index contributed by atoms with van der Waals surface area (Å²) in [4.78, 5) is 18.1. The molecule has 3 aromatic rings. The van der Waals surface area contributed by atoms with Crippen LogP contribution in [0.4, 0.5) is 11.6 Å². The summed E-state index contributed by atoms with van der Waals surface area (Å²) in [5, 5.41) is 7.32. The summed E-state index contributed by atoms with van der Waals surface area (Å²) in [6.45, 7) is 0.00924. The zero-order chi connectivity index (χ0) is 17.8.